The van der Waals surface area contributed by atoms with E-state index in [1.165, 1.54) is 283 Å². The van der Waals surface area contributed by atoms with Crippen molar-refractivity contribution >= 4 is 5.91 Å². The van der Waals surface area contributed by atoms with Gasteiger partial charge in [0.05, 0.1) is 18.8 Å². The van der Waals surface area contributed by atoms with Gasteiger partial charge in [0.2, 0.25) is 5.91 Å². The summed E-state index contributed by atoms with van der Waals surface area (Å²) in [6.45, 7) is 4.22. The molecule has 0 fully saturated rings. The second-order valence-corrected chi connectivity index (χ2v) is 21.3. The van der Waals surface area contributed by atoms with E-state index in [0.717, 1.165) is 38.5 Å². The van der Waals surface area contributed by atoms with Crippen LogP contribution in [0.1, 0.15) is 341 Å². The minimum atomic E-state index is -1.10. The van der Waals surface area contributed by atoms with Crippen molar-refractivity contribution in [1.29, 1.82) is 0 Å². The van der Waals surface area contributed by atoms with E-state index in [1.807, 2.05) is 6.08 Å². The van der Waals surface area contributed by atoms with Gasteiger partial charge < -0.3 is 20.6 Å². The summed E-state index contributed by atoms with van der Waals surface area (Å²) in [7, 11) is 0. The normalized spacial score (nSPS) is 13.3. The van der Waals surface area contributed by atoms with Crippen LogP contribution < -0.4 is 5.32 Å². The molecule has 0 rings (SSSR count). The minimum Gasteiger partial charge on any atom is -0.394 e. The molecule has 398 valence electrons. The van der Waals surface area contributed by atoms with Crippen LogP contribution in [0.25, 0.3) is 0 Å². The Kier molecular flexibility index (Phi) is 56.4. The van der Waals surface area contributed by atoms with Gasteiger partial charge in [0.1, 0.15) is 6.10 Å². The average Bonchev–Trinajstić information content (AvgIpc) is 3.33. The van der Waals surface area contributed by atoms with Crippen molar-refractivity contribution in [1.82, 2.24) is 5.32 Å². The average molecular weight is 945 g/mol. The molecule has 5 nitrogen and oxygen atoms in total. The highest BCUT2D eigenvalue weighted by molar-refractivity contribution is 5.80. The second-order valence-electron chi connectivity index (χ2n) is 21.3. The fourth-order valence-corrected chi connectivity index (χ4v) is 9.79. The molecule has 0 aromatic rings. The van der Waals surface area contributed by atoms with Crippen LogP contribution in [0.15, 0.2) is 24.3 Å². The lowest BCUT2D eigenvalue weighted by atomic mass is 10.0. The lowest BCUT2D eigenvalue weighted by Crippen LogP contribution is -2.48. The Morgan fingerprint density at radius 2 is 0.612 bits per heavy atom. The number of aliphatic hydroxyl groups excluding tert-OH is 3. The first-order valence-electron chi connectivity index (χ1n) is 30.7. The van der Waals surface area contributed by atoms with E-state index in [-0.39, 0.29) is 6.61 Å². The molecule has 0 bridgehead atoms. The third-order valence-electron chi connectivity index (χ3n) is 14.5. The Labute approximate surface area is 420 Å². The van der Waals surface area contributed by atoms with Crippen molar-refractivity contribution in [2.24, 2.45) is 0 Å². The number of hydrogen-bond donors (Lipinski definition) is 4. The second kappa shape index (κ2) is 57.4. The predicted octanol–water partition coefficient (Wildman–Crippen LogP) is 19.2. The van der Waals surface area contributed by atoms with Gasteiger partial charge in [-0.25, -0.2) is 0 Å². The lowest BCUT2D eigenvalue weighted by Gasteiger charge is -2.21. The third-order valence-corrected chi connectivity index (χ3v) is 14.5. The monoisotopic (exact) mass is 944 g/mol. The van der Waals surface area contributed by atoms with Gasteiger partial charge in [0.25, 0.3) is 0 Å². The summed E-state index contributed by atoms with van der Waals surface area (Å²) in [4.78, 5) is 12.6. The van der Waals surface area contributed by atoms with E-state index in [9.17, 15) is 20.1 Å². The number of nitrogens with one attached hydrogen (secondary N) is 1. The van der Waals surface area contributed by atoms with Gasteiger partial charge in [-0.1, -0.05) is 334 Å². The predicted molar refractivity (Wildman–Crippen MR) is 296 cm³/mol. The van der Waals surface area contributed by atoms with E-state index >= 15 is 0 Å². The van der Waals surface area contributed by atoms with Crippen molar-refractivity contribution in [2.45, 2.75) is 360 Å². The maximum Gasteiger partial charge on any atom is 0.249 e. The molecular weight excluding hydrogens is 823 g/mol. The first kappa shape index (κ1) is 65.8. The molecule has 0 aliphatic heterocycles. The van der Waals surface area contributed by atoms with Gasteiger partial charge in [-0.2, -0.15) is 0 Å². The highest BCUT2D eigenvalue weighted by atomic mass is 16.3. The molecule has 0 saturated carbocycles. The van der Waals surface area contributed by atoms with Crippen molar-refractivity contribution in [3.05, 3.63) is 24.3 Å². The zero-order valence-corrected chi connectivity index (χ0v) is 45.6. The summed E-state index contributed by atoms with van der Waals surface area (Å²) in [6.07, 6.45) is 74.3. The Balaban J connectivity index is 3.52. The molecule has 1 amide bonds. The molecule has 0 radical (unpaired) electrons. The maximum atomic E-state index is 12.6. The number of allylic oxidation sites excluding steroid dienone is 3. The molecule has 3 unspecified atom stereocenters. The molecule has 0 aliphatic carbocycles. The van der Waals surface area contributed by atoms with Gasteiger partial charge in [0.15, 0.2) is 0 Å². The number of aliphatic hydroxyl groups is 3. The van der Waals surface area contributed by atoms with E-state index < -0.39 is 24.2 Å². The van der Waals surface area contributed by atoms with Crippen LogP contribution in [-0.4, -0.2) is 46.1 Å². The lowest BCUT2D eigenvalue weighted by molar-refractivity contribution is -0.131. The molecule has 0 spiro atoms. The van der Waals surface area contributed by atoms with Crippen LogP contribution in [0.5, 0.6) is 0 Å². The highest BCUT2D eigenvalue weighted by Crippen LogP contribution is 2.18. The number of rotatable bonds is 57. The Morgan fingerprint density at radius 1 is 0.358 bits per heavy atom. The molecule has 0 heterocycles. The Morgan fingerprint density at radius 3 is 0.910 bits per heavy atom. The quantitative estimate of drug-likeness (QED) is 0.0361. The summed E-state index contributed by atoms with van der Waals surface area (Å²) in [6, 6.07) is -0.813. The van der Waals surface area contributed by atoms with E-state index in [2.05, 4.69) is 31.3 Å². The topological polar surface area (TPSA) is 89.8 Å². The summed E-state index contributed by atoms with van der Waals surface area (Å²) < 4.78 is 0. The molecule has 5 heteroatoms. The van der Waals surface area contributed by atoms with Crippen molar-refractivity contribution < 1.29 is 20.1 Å². The largest absolute Gasteiger partial charge is 0.394 e. The first-order chi connectivity index (χ1) is 33.1. The summed E-state index contributed by atoms with van der Waals surface area (Å²) in [5, 5.41) is 33.4. The molecular formula is C62H121NO4. The van der Waals surface area contributed by atoms with Gasteiger partial charge in [-0.05, 0) is 32.1 Å². The van der Waals surface area contributed by atoms with Crippen molar-refractivity contribution in [2.75, 3.05) is 6.61 Å². The van der Waals surface area contributed by atoms with E-state index in [4.69, 9.17) is 0 Å². The zero-order chi connectivity index (χ0) is 48.6. The molecule has 0 aliphatic rings. The molecule has 3 atom stereocenters. The molecule has 0 aromatic carbocycles. The van der Waals surface area contributed by atoms with Gasteiger partial charge in [-0.15, -0.1) is 0 Å². The fraction of sp³-hybridized carbons (Fsp3) is 0.919. The third kappa shape index (κ3) is 52.5. The number of hydrogen-bond acceptors (Lipinski definition) is 4. The van der Waals surface area contributed by atoms with Crippen LogP contribution in [0.4, 0.5) is 0 Å². The van der Waals surface area contributed by atoms with E-state index in [0.29, 0.717) is 6.42 Å². The van der Waals surface area contributed by atoms with Crippen molar-refractivity contribution in [3.8, 4) is 0 Å². The molecule has 4 N–H and O–H groups in total. The SMILES string of the molecule is CCCCCCCCCCCCCCCCC/C=C/CC/C=C/C(O)C(CO)NC(=O)C(O)CCCCCCCCCCCCCCCCCCCCCCCCCCCCCCCCCC. The van der Waals surface area contributed by atoms with Gasteiger partial charge >= 0.3 is 0 Å². The summed E-state index contributed by atoms with van der Waals surface area (Å²) in [5.41, 5.74) is 0. The number of amides is 1. The Hall–Kier alpha value is -1.17. The number of unbranched alkanes of at least 4 members (excludes halogenated alkanes) is 47. The molecule has 0 aromatic heterocycles. The smallest absolute Gasteiger partial charge is 0.249 e. The Bertz CT molecular complexity index is 998. The molecule has 67 heavy (non-hydrogen) atoms. The maximum absolute atomic E-state index is 12.6. The van der Waals surface area contributed by atoms with Gasteiger partial charge in [0, 0.05) is 0 Å². The van der Waals surface area contributed by atoms with E-state index in [1.54, 1.807) is 6.08 Å². The van der Waals surface area contributed by atoms with Crippen LogP contribution in [0.3, 0.4) is 0 Å². The standard InChI is InChI=1S/C62H121NO4/c1-3-5-7-9-11-13-15-17-19-21-23-25-26-27-28-29-30-31-32-33-34-35-37-39-41-43-45-47-49-51-53-55-57-61(66)62(67)63-59(58-64)60(65)56-54-52-50-48-46-44-42-40-38-36-24-22-20-18-16-14-12-10-8-6-4-2/h46,48,54,56,59-61,64-66H,3-45,47,49-53,55,57-58H2,1-2H3,(H,63,67)/b48-46+,56-54+. The fourth-order valence-electron chi connectivity index (χ4n) is 9.79. The summed E-state index contributed by atoms with van der Waals surface area (Å²) in [5.74, 6) is -0.506. The number of carbonyl (C=O) groups is 1. The zero-order valence-electron chi connectivity index (χ0n) is 45.6. The van der Waals surface area contributed by atoms with Crippen LogP contribution in [0.2, 0.25) is 0 Å². The van der Waals surface area contributed by atoms with Crippen LogP contribution in [0, 0.1) is 0 Å². The minimum absolute atomic E-state index is 0.372. The number of carbonyl (C=O) groups excluding carboxylic acids is 1. The summed E-state index contributed by atoms with van der Waals surface area (Å²) >= 11 is 0. The van der Waals surface area contributed by atoms with Crippen molar-refractivity contribution in [3.63, 3.8) is 0 Å². The van der Waals surface area contributed by atoms with Crippen LogP contribution >= 0.6 is 0 Å². The molecule has 0 saturated heterocycles. The first-order valence-corrected chi connectivity index (χ1v) is 30.7. The highest BCUT2D eigenvalue weighted by Gasteiger charge is 2.22. The van der Waals surface area contributed by atoms with Crippen LogP contribution in [-0.2, 0) is 4.79 Å². The van der Waals surface area contributed by atoms with Gasteiger partial charge in [-0.3, -0.25) is 4.79 Å².